The summed E-state index contributed by atoms with van der Waals surface area (Å²) in [7, 11) is -1.38. The molecule has 1 aromatic heterocycles. The highest BCUT2D eigenvalue weighted by Crippen LogP contribution is 2.28. The van der Waals surface area contributed by atoms with Crippen molar-refractivity contribution in [1.29, 1.82) is 0 Å². The second-order valence-corrected chi connectivity index (χ2v) is 10.1. The van der Waals surface area contributed by atoms with Gasteiger partial charge in [-0.05, 0) is 24.6 Å². The zero-order chi connectivity index (χ0) is 20.5. The predicted molar refractivity (Wildman–Crippen MR) is 109 cm³/mol. The Morgan fingerprint density at radius 2 is 2.14 bits per heavy atom. The summed E-state index contributed by atoms with van der Waals surface area (Å²) in [6.45, 7) is 2.22. The van der Waals surface area contributed by atoms with Crippen molar-refractivity contribution in [2.24, 2.45) is 7.05 Å². The number of halogens is 2. The Hall–Kier alpha value is -1.61. The first-order chi connectivity index (χ1) is 13.1. The molecule has 1 N–H and O–H groups in total. The van der Waals surface area contributed by atoms with Crippen molar-refractivity contribution in [1.82, 2.24) is 20.0 Å². The van der Waals surface area contributed by atoms with Crippen molar-refractivity contribution in [2.45, 2.75) is 19.0 Å². The minimum Gasteiger partial charge on any atom is -0.348 e. The van der Waals surface area contributed by atoms with Crippen LogP contribution in [0.1, 0.15) is 30.1 Å². The number of hydrogen-bond donors (Lipinski definition) is 1. The van der Waals surface area contributed by atoms with E-state index in [1.165, 1.54) is 0 Å². The van der Waals surface area contributed by atoms with Crippen LogP contribution in [-0.2, 0) is 21.7 Å². The van der Waals surface area contributed by atoms with E-state index in [0.29, 0.717) is 16.6 Å². The predicted octanol–water partition coefficient (Wildman–Crippen LogP) is 2.38. The van der Waals surface area contributed by atoms with Gasteiger partial charge >= 0.3 is 0 Å². The fraction of sp³-hybridized carbons (Fsp3) is 0.444. The summed E-state index contributed by atoms with van der Waals surface area (Å²) in [5.74, 6) is -0.188. The van der Waals surface area contributed by atoms with E-state index in [9.17, 15) is 13.2 Å². The summed E-state index contributed by atoms with van der Waals surface area (Å²) in [6, 6.07) is 4.44. The first-order valence-corrected chi connectivity index (χ1v) is 11.4. The minimum absolute atomic E-state index is 0.0233. The van der Waals surface area contributed by atoms with Crippen LogP contribution >= 0.6 is 23.2 Å². The summed E-state index contributed by atoms with van der Waals surface area (Å²) >= 11 is 12.1. The lowest BCUT2D eigenvalue weighted by atomic mass is 10.1. The van der Waals surface area contributed by atoms with Crippen molar-refractivity contribution >= 4 is 38.9 Å². The van der Waals surface area contributed by atoms with E-state index in [2.05, 4.69) is 10.4 Å². The smallest absolute Gasteiger partial charge is 0.234 e. The van der Waals surface area contributed by atoms with Gasteiger partial charge in [-0.2, -0.15) is 5.10 Å². The zero-order valence-electron chi connectivity index (χ0n) is 15.6. The number of nitrogens with zero attached hydrogens (tertiary/aromatic N) is 3. The van der Waals surface area contributed by atoms with Crippen molar-refractivity contribution in [3.63, 3.8) is 0 Å². The third-order valence-electron chi connectivity index (χ3n) is 4.80. The Morgan fingerprint density at radius 3 is 2.79 bits per heavy atom. The number of aryl methyl sites for hydroxylation is 1. The van der Waals surface area contributed by atoms with Gasteiger partial charge in [0.05, 0.1) is 36.3 Å². The highest BCUT2D eigenvalue weighted by atomic mass is 35.5. The van der Waals surface area contributed by atoms with E-state index < -0.39 is 15.9 Å². The van der Waals surface area contributed by atoms with Crippen LogP contribution in [0.15, 0.2) is 30.6 Å². The average molecular weight is 445 g/mol. The first-order valence-electron chi connectivity index (χ1n) is 8.82. The number of rotatable bonds is 5. The summed E-state index contributed by atoms with van der Waals surface area (Å²) in [5.41, 5.74) is 1.55. The number of amides is 1. The molecule has 1 fully saturated rings. The van der Waals surface area contributed by atoms with Gasteiger partial charge in [0.25, 0.3) is 0 Å². The Kier molecular flexibility index (Phi) is 6.34. The molecule has 7 nitrogen and oxygen atoms in total. The Balaban J connectivity index is 1.70. The van der Waals surface area contributed by atoms with Gasteiger partial charge in [-0.25, -0.2) is 8.42 Å². The van der Waals surface area contributed by atoms with Crippen LogP contribution < -0.4 is 5.32 Å². The molecule has 0 radical (unpaired) electrons. The number of carbonyl (C=O) groups is 1. The lowest BCUT2D eigenvalue weighted by molar-refractivity contribution is -0.123. The second-order valence-electron chi connectivity index (χ2n) is 7.00. The molecule has 0 spiro atoms. The molecule has 28 heavy (non-hydrogen) atoms. The SMILES string of the molecule is CC(NC(=O)CN1CCS(=O)(=O)CC1c1cnn(C)c1)c1ccc(Cl)cc1Cl. The number of nitrogens with one attached hydrogen (secondary N) is 1. The van der Waals surface area contributed by atoms with Gasteiger partial charge in [-0.1, -0.05) is 29.3 Å². The molecule has 1 aliphatic rings. The van der Waals surface area contributed by atoms with Crippen molar-refractivity contribution in [3.8, 4) is 0 Å². The van der Waals surface area contributed by atoms with Crippen molar-refractivity contribution < 1.29 is 13.2 Å². The molecule has 10 heteroatoms. The molecule has 3 rings (SSSR count). The second kappa shape index (κ2) is 8.41. The molecule has 2 heterocycles. The number of hydrogen-bond acceptors (Lipinski definition) is 5. The van der Waals surface area contributed by atoms with E-state index in [1.807, 2.05) is 11.8 Å². The molecule has 1 saturated heterocycles. The third-order valence-corrected chi connectivity index (χ3v) is 7.00. The maximum atomic E-state index is 12.6. The molecule has 0 bridgehead atoms. The van der Waals surface area contributed by atoms with Crippen molar-refractivity contribution in [2.75, 3.05) is 24.6 Å². The van der Waals surface area contributed by atoms with Gasteiger partial charge < -0.3 is 5.32 Å². The van der Waals surface area contributed by atoms with Crippen LogP contribution in [-0.4, -0.2) is 53.6 Å². The molecule has 0 saturated carbocycles. The summed E-state index contributed by atoms with van der Waals surface area (Å²) in [6.07, 6.45) is 3.43. The molecular weight excluding hydrogens is 423 g/mol. The topological polar surface area (TPSA) is 84.3 Å². The molecule has 2 atom stereocenters. The van der Waals surface area contributed by atoms with Crippen LogP contribution in [0.25, 0.3) is 0 Å². The van der Waals surface area contributed by atoms with Gasteiger partial charge in [0.2, 0.25) is 5.91 Å². The first kappa shape index (κ1) is 21.1. The fourth-order valence-electron chi connectivity index (χ4n) is 3.35. The molecule has 2 unspecified atom stereocenters. The zero-order valence-corrected chi connectivity index (χ0v) is 17.9. The molecule has 1 amide bonds. The molecule has 152 valence electrons. The van der Waals surface area contributed by atoms with Crippen LogP contribution in [0.3, 0.4) is 0 Å². The summed E-state index contributed by atoms with van der Waals surface area (Å²) in [4.78, 5) is 14.5. The number of aromatic nitrogens is 2. The van der Waals surface area contributed by atoms with Gasteiger partial charge in [0, 0.05) is 35.4 Å². The lowest BCUT2D eigenvalue weighted by Gasteiger charge is -2.34. The van der Waals surface area contributed by atoms with Crippen LogP contribution in [0.2, 0.25) is 10.0 Å². The molecule has 1 aliphatic heterocycles. The Bertz CT molecular complexity index is 977. The van der Waals surface area contributed by atoms with E-state index >= 15 is 0 Å². The largest absolute Gasteiger partial charge is 0.348 e. The fourth-order valence-corrected chi connectivity index (χ4v) is 5.49. The van der Waals surface area contributed by atoms with Crippen molar-refractivity contribution in [3.05, 3.63) is 51.8 Å². The van der Waals surface area contributed by atoms with Crippen LogP contribution in [0.5, 0.6) is 0 Å². The van der Waals surface area contributed by atoms with Gasteiger partial charge in [-0.3, -0.25) is 14.4 Å². The van der Waals surface area contributed by atoms with E-state index in [0.717, 1.165) is 11.1 Å². The summed E-state index contributed by atoms with van der Waals surface area (Å²) in [5, 5.41) is 8.06. The molecule has 0 aliphatic carbocycles. The number of sulfone groups is 1. The quantitative estimate of drug-likeness (QED) is 0.764. The van der Waals surface area contributed by atoms with Gasteiger partial charge in [0.15, 0.2) is 9.84 Å². The maximum absolute atomic E-state index is 12.6. The monoisotopic (exact) mass is 444 g/mol. The summed E-state index contributed by atoms with van der Waals surface area (Å²) < 4.78 is 25.9. The lowest BCUT2D eigenvalue weighted by Crippen LogP contribution is -2.47. The van der Waals surface area contributed by atoms with Gasteiger partial charge in [0.1, 0.15) is 0 Å². The van der Waals surface area contributed by atoms with Crippen LogP contribution in [0, 0.1) is 0 Å². The van der Waals surface area contributed by atoms with E-state index in [4.69, 9.17) is 23.2 Å². The Labute approximate surface area is 174 Å². The highest BCUT2D eigenvalue weighted by Gasteiger charge is 2.34. The van der Waals surface area contributed by atoms with Gasteiger partial charge in [-0.15, -0.1) is 0 Å². The highest BCUT2D eigenvalue weighted by molar-refractivity contribution is 7.91. The van der Waals surface area contributed by atoms with E-state index in [1.54, 1.807) is 42.3 Å². The minimum atomic E-state index is -3.16. The van der Waals surface area contributed by atoms with Crippen LogP contribution in [0.4, 0.5) is 0 Å². The standard InChI is InChI=1S/C18H22Cl2N4O3S/c1-12(15-4-3-14(19)7-16(15)20)22-18(25)10-24-5-6-28(26,27)11-17(24)13-8-21-23(2)9-13/h3-4,7-9,12,17H,5-6,10-11H2,1-2H3,(H,22,25). The Morgan fingerprint density at radius 1 is 1.39 bits per heavy atom. The third kappa shape index (κ3) is 5.05. The van der Waals surface area contributed by atoms with E-state index in [-0.39, 0.29) is 30.0 Å². The molecule has 2 aromatic rings. The normalized spacial score (nSPS) is 20.6. The molecular formula is C18H22Cl2N4O3S. The number of carbonyl (C=O) groups excluding carboxylic acids is 1. The molecule has 1 aromatic carbocycles. The maximum Gasteiger partial charge on any atom is 0.234 e. The average Bonchev–Trinajstić information content (AvgIpc) is 3.02. The number of benzene rings is 1.